The van der Waals surface area contributed by atoms with Gasteiger partial charge in [0.1, 0.15) is 12.7 Å². The van der Waals surface area contributed by atoms with Gasteiger partial charge >= 0.3 is 5.97 Å². The van der Waals surface area contributed by atoms with Crippen LogP contribution >= 0.6 is 0 Å². The molecule has 8 nitrogen and oxygen atoms in total. The largest absolute Gasteiger partial charge is 0.462 e. The first-order chi connectivity index (χ1) is 14.9. The standard InChI is InChI=1S/C18H37NO2.C5H11NO4/c1-2-3-4-5-6-7-8-9-10-11-12-13-14-15-18(21)17(19)16-20;6-1-5(9)10-3-4(8)2-7/h14-15,17-18,20-21H,2-13,16,19H2,1H3;4,7-8H,1-3,6H2/b15-14+;. The first kappa shape index (κ1) is 32.2. The molecule has 0 saturated heterocycles. The van der Waals surface area contributed by atoms with Crippen molar-refractivity contribution in [3.63, 3.8) is 0 Å². The highest BCUT2D eigenvalue weighted by Crippen LogP contribution is 2.12. The zero-order valence-electron chi connectivity index (χ0n) is 19.5. The van der Waals surface area contributed by atoms with Crippen molar-refractivity contribution in [1.82, 2.24) is 0 Å². The fourth-order valence-corrected chi connectivity index (χ4v) is 2.71. The van der Waals surface area contributed by atoms with Crippen LogP contribution in [0, 0.1) is 0 Å². The Balaban J connectivity index is 0. The van der Waals surface area contributed by atoms with E-state index in [2.05, 4.69) is 11.7 Å². The smallest absolute Gasteiger partial charge is 0.319 e. The molecule has 0 saturated carbocycles. The molecule has 3 unspecified atom stereocenters. The Hall–Kier alpha value is -1.03. The summed E-state index contributed by atoms with van der Waals surface area (Å²) in [6.45, 7) is 1.25. The predicted molar refractivity (Wildman–Crippen MR) is 124 cm³/mol. The quantitative estimate of drug-likeness (QED) is 0.0990. The maximum Gasteiger partial charge on any atom is 0.319 e. The van der Waals surface area contributed by atoms with Crippen LogP contribution < -0.4 is 11.5 Å². The van der Waals surface area contributed by atoms with Gasteiger partial charge in [-0.3, -0.25) is 4.79 Å². The van der Waals surface area contributed by atoms with Crippen molar-refractivity contribution < 1.29 is 30.0 Å². The molecule has 8 heteroatoms. The number of esters is 1. The Bertz CT molecular complexity index is 410. The molecule has 0 amide bonds. The predicted octanol–water partition coefficient (Wildman–Crippen LogP) is 1.77. The number of aliphatic hydroxyl groups is 4. The molecule has 0 aliphatic rings. The lowest BCUT2D eigenvalue weighted by Crippen LogP contribution is -2.36. The van der Waals surface area contributed by atoms with Crippen molar-refractivity contribution in [3.8, 4) is 0 Å². The van der Waals surface area contributed by atoms with Gasteiger partial charge in [0.05, 0.1) is 31.9 Å². The second-order valence-electron chi connectivity index (χ2n) is 7.81. The Labute approximate surface area is 188 Å². The average Bonchev–Trinajstić information content (AvgIpc) is 2.79. The molecule has 8 N–H and O–H groups in total. The van der Waals surface area contributed by atoms with Crippen LogP contribution in [0.2, 0.25) is 0 Å². The lowest BCUT2D eigenvalue weighted by atomic mass is 10.0. The van der Waals surface area contributed by atoms with Crippen molar-refractivity contribution in [2.24, 2.45) is 11.5 Å². The van der Waals surface area contributed by atoms with Gasteiger partial charge in [-0.15, -0.1) is 0 Å². The molecule has 0 bridgehead atoms. The first-order valence-electron chi connectivity index (χ1n) is 11.8. The maximum absolute atomic E-state index is 10.3. The molecule has 0 aromatic rings. The van der Waals surface area contributed by atoms with Crippen LogP contribution in [-0.2, 0) is 9.53 Å². The van der Waals surface area contributed by atoms with Crippen LogP contribution in [0.3, 0.4) is 0 Å². The van der Waals surface area contributed by atoms with Crippen molar-refractivity contribution in [2.45, 2.75) is 102 Å². The number of carbonyl (C=O) groups is 1. The molecule has 0 radical (unpaired) electrons. The van der Waals surface area contributed by atoms with Gasteiger partial charge in [0.15, 0.2) is 0 Å². The lowest BCUT2D eigenvalue weighted by molar-refractivity contribution is -0.145. The third-order valence-corrected chi connectivity index (χ3v) is 4.77. The molecule has 0 fully saturated rings. The third kappa shape index (κ3) is 25.1. The van der Waals surface area contributed by atoms with Crippen LogP contribution in [0.15, 0.2) is 12.2 Å². The van der Waals surface area contributed by atoms with Gasteiger partial charge in [0.2, 0.25) is 0 Å². The Morgan fingerprint density at radius 1 is 0.903 bits per heavy atom. The Kier molecular flexibility index (Phi) is 26.2. The number of carbonyl (C=O) groups excluding carboxylic acids is 1. The van der Waals surface area contributed by atoms with Crippen molar-refractivity contribution in [3.05, 3.63) is 12.2 Å². The number of aliphatic hydroxyl groups excluding tert-OH is 4. The zero-order chi connectivity index (χ0) is 23.7. The van der Waals surface area contributed by atoms with E-state index in [0.29, 0.717) is 0 Å². The van der Waals surface area contributed by atoms with Gasteiger partial charge < -0.3 is 36.6 Å². The average molecular weight is 449 g/mol. The van der Waals surface area contributed by atoms with E-state index in [1.54, 1.807) is 6.08 Å². The van der Waals surface area contributed by atoms with E-state index in [1.165, 1.54) is 70.6 Å². The number of rotatable bonds is 19. The van der Waals surface area contributed by atoms with Crippen molar-refractivity contribution in [2.75, 3.05) is 26.4 Å². The van der Waals surface area contributed by atoms with Crippen LogP contribution in [0.4, 0.5) is 0 Å². The normalized spacial score (nSPS) is 14.0. The molecule has 186 valence electrons. The molecule has 0 aliphatic carbocycles. The van der Waals surface area contributed by atoms with E-state index in [-0.39, 0.29) is 19.8 Å². The third-order valence-electron chi connectivity index (χ3n) is 4.77. The molecule has 31 heavy (non-hydrogen) atoms. The summed E-state index contributed by atoms with van der Waals surface area (Å²) in [6, 6.07) is -0.557. The topological polar surface area (TPSA) is 159 Å². The van der Waals surface area contributed by atoms with Crippen LogP contribution in [0.1, 0.15) is 84.0 Å². The molecule has 0 aromatic carbocycles. The van der Waals surface area contributed by atoms with E-state index in [9.17, 15) is 9.90 Å². The first-order valence-corrected chi connectivity index (χ1v) is 11.8. The highest BCUT2D eigenvalue weighted by Gasteiger charge is 2.08. The summed E-state index contributed by atoms with van der Waals surface area (Å²) in [7, 11) is 0. The maximum atomic E-state index is 10.3. The summed E-state index contributed by atoms with van der Waals surface area (Å²) in [5.74, 6) is -0.590. The monoisotopic (exact) mass is 448 g/mol. The number of nitrogens with two attached hydrogens (primary N) is 2. The molecule has 0 aliphatic heterocycles. The zero-order valence-corrected chi connectivity index (χ0v) is 19.5. The molecule has 0 rings (SSSR count). The van der Waals surface area contributed by atoms with Crippen molar-refractivity contribution >= 4 is 5.97 Å². The summed E-state index contributed by atoms with van der Waals surface area (Å²) in [6.07, 6.45) is 17.8. The highest BCUT2D eigenvalue weighted by molar-refractivity contribution is 5.71. The minimum absolute atomic E-state index is 0.177. The number of hydrogen-bond acceptors (Lipinski definition) is 8. The van der Waals surface area contributed by atoms with E-state index in [1.807, 2.05) is 6.08 Å². The summed E-state index contributed by atoms with van der Waals surface area (Å²) in [5, 5.41) is 35.2. The molecule has 3 atom stereocenters. The van der Waals surface area contributed by atoms with Crippen LogP contribution in [0.5, 0.6) is 0 Å². The minimum Gasteiger partial charge on any atom is -0.462 e. The second-order valence-corrected chi connectivity index (χ2v) is 7.81. The number of unbranched alkanes of at least 4 members (excludes halogenated alkanes) is 11. The molecular weight excluding hydrogens is 400 g/mol. The van der Waals surface area contributed by atoms with E-state index in [0.717, 1.165) is 6.42 Å². The van der Waals surface area contributed by atoms with E-state index < -0.39 is 30.8 Å². The van der Waals surface area contributed by atoms with Gasteiger partial charge in [-0.25, -0.2) is 0 Å². The summed E-state index contributed by atoms with van der Waals surface area (Å²) >= 11 is 0. The lowest BCUT2D eigenvalue weighted by Gasteiger charge is -2.11. The van der Waals surface area contributed by atoms with Gasteiger partial charge in [-0.1, -0.05) is 83.3 Å². The minimum atomic E-state index is -1.00. The summed E-state index contributed by atoms with van der Waals surface area (Å²) in [5.41, 5.74) is 10.4. The Morgan fingerprint density at radius 2 is 1.42 bits per heavy atom. The molecule has 0 aromatic heterocycles. The molecule has 0 heterocycles. The fraction of sp³-hybridized carbons (Fsp3) is 0.870. The summed E-state index contributed by atoms with van der Waals surface area (Å²) in [4.78, 5) is 10.3. The summed E-state index contributed by atoms with van der Waals surface area (Å²) < 4.78 is 4.37. The van der Waals surface area contributed by atoms with E-state index >= 15 is 0 Å². The van der Waals surface area contributed by atoms with Gasteiger partial charge in [0, 0.05) is 0 Å². The van der Waals surface area contributed by atoms with Gasteiger partial charge in [0.25, 0.3) is 0 Å². The fourth-order valence-electron chi connectivity index (χ4n) is 2.71. The molecular formula is C23H48N2O6. The van der Waals surface area contributed by atoms with E-state index in [4.69, 9.17) is 26.8 Å². The SMILES string of the molecule is CCCCCCCCCCCCC/C=C/C(O)C(N)CO.NCC(=O)OCC(O)CO. The molecule has 0 spiro atoms. The number of ether oxygens (including phenoxy) is 1. The van der Waals surface area contributed by atoms with Crippen LogP contribution in [0.25, 0.3) is 0 Å². The Morgan fingerprint density at radius 3 is 1.87 bits per heavy atom. The highest BCUT2D eigenvalue weighted by atomic mass is 16.5. The van der Waals surface area contributed by atoms with Gasteiger partial charge in [-0.05, 0) is 12.8 Å². The van der Waals surface area contributed by atoms with Gasteiger partial charge in [-0.2, -0.15) is 0 Å². The van der Waals surface area contributed by atoms with Crippen LogP contribution in [-0.4, -0.2) is 71.0 Å². The number of allylic oxidation sites excluding steroid dienone is 1. The number of hydrogen-bond donors (Lipinski definition) is 6. The second kappa shape index (κ2) is 25.2. The van der Waals surface area contributed by atoms with Crippen molar-refractivity contribution in [1.29, 1.82) is 0 Å².